The Morgan fingerprint density at radius 1 is 0.789 bits per heavy atom. The highest BCUT2D eigenvalue weighted by molar-refractivity contribution is 6.07. The Balaban J connectivity index is 2.37. The van der Waals surface area contributed by atoms with Crippen molar-refractivity contribution in [3.63, 3.8) is 0 Å². The molecule has 2 rings (SSSR count). The Bertz CT molecular complexity index is 589. The number of hydrogen-bond acceptors (Lipinski definition) is 1. The van der Waals surface area contributed by atoms with Gasteiger partial charge in [0.1, 0.15) is 0 Å². The van der Waals surface area contributed by atoms with E-state index in [9.17, 15) is 4.79 Å². The minimum absolute atomic E-state index is 0.0343. The molecule has 0 radical (unpaired) electrons. The van der Waals surface area contributed by atoms with E-state index in [-0.39, 0.29) is 5.91 Å². The smallest absolute Gasteiger partial charge is 0.256 e. The van der Waals surface area contributed by atoms with Crippen molar-refractivity contribution in [3.8, 4) is 0 Å². The van der Waals surface area contributed by atoms with Crippen molar-refractivity contribution in [2.45, 2.75) is 27.7 Å². The van der Waals surface area contributed by atoms with Gasteiger partial charge in [-0.1, -0.05) is 36.4 Å². The normalized spacial score (nSPS) is 10.3. The van der Waals surface area contributed by atoms with E-state index in [1.165, 1.54) is 0 Å². The highest BCUT2D eigenvalue weighted by Crippen LogP contribution is 2.22. The molecule has 0 saturated heterocycles. The lowest BCUT2D eigenvalue weighted by Crippen LogP contribution is -2.16. The monoisotopic (exact) mass is 253 g/mol. The summed E-state index contributed by atoms with van der Waals surface area (Å²) < 4.78 is 0. The quantitative estimate of drug-likeness (QED) is 0.855. The van der Waals surface area contributed by atoms with E-state index in [0.29, 0.717) is 0 Å². The Morgan fingerprint density at radius 3 is 1.68 bits per heavy atom. The average Bonchev–Trinajstić information content (AvgIpc) is 2.34. The summed E-state index contributed by atoms with van der Waals surface area (Å²) in [6.45, 7) is 7.94. The number of anilines is 1. The van der Waals surface area contributed by atoms with Crippen LogP contribution >= 0.6 is 0 Å². The highest BCUT2D eigenvalue weighted by atomic mass is 16.1. The summed E-state index contributed by atoms with van der Waals surface area (Å²) in [5.41, 5.74) is 5.85. The van der Waals surface area contributed by atoms with Crippen LogP contribution in [0.5, 0.6) is 0 Å². The van der Waals surface area contributed by atoms with E-state index in [4.69, 9.17) is 0 Å². The molecular formula is C17H19NO. The van der Waals surface area contributed by atoms with Gasteiger partial charge in [-0.3, -0.25) is 4.79 Å². The van der Waals surface area contributed by atoms with Crippen LogP contribution in [0.4, 0.5) is 5.69 Å². The first kappa shape index (κ1) is 13.3. The summed E-state index contributed by atoms with van der Waals surface area (Å²) in [7, 11) is 0. The lowest BCUT2D eigenvalue weighted by Gasteiger charge is -2.14. The number of aryl methyl sites for hydroxylation is 4. The number of benzene rings is 2. The van der Waals surface area contributed by atoms with E-state index in [2.05, 4.69) is 5.32 Å². The Kier molecular flexibility index (Phi) is 3.70. The molecule has 1 N–H and O–H groups in total. The summed E-state index contributed by atoms with van der Waals surface area (Å²) in [6.07, 6.45) is 0. The van der Waals surface area contributed by atoms with Gasteiger partial charge in [0, 0.05) is 11.3 Å². The van der Waals surface area contributed by atoms with Gasteiger partial charge in [-0.15, -0.1) is 0 Å². The van der Waals surface area contributed by atoms with E-state index in [1.807, 2.05) is 64.1 Å². The maximum Gasteiger partial charge on any atom is 0.256 e. The number of hydrogen-bond donors (Lipinski definition) is 1. The van der Waals surface area contributed by atoms with Crippen LogP contribution < -0.4 is 5.32 Å². The predicted molar refractivity (Wildman–Crippen MR) is 79.8 cm³/mol. The minimum atomic E-state index is -0.0343. The maximum atomic E-state index is 12.4. The van der Waals surface area contributed by atoms with Gasteiger partial charge in [0.15, 0.2) is 0 Å². The first-order chi connectivity index (χ1) is 9.00. The zero-order valence-electron chi connectivity index (χ0n) is 11.9. The van der Waals surface area contributed by atoms with E-state index in [1.54, 1.807) is 0 Å². The molecule has 1 amide bonds. The molecule has 0 aliphatic rings. The molecule has 0 unspecified atom stereocenters. The van der Waals surface area contributed by atoms with Gasteiger partial charge in [-0.25, -0.2) is 0 Å². The second-order valence-electron chi connectivity index (χ2n) is 4.99. The first-order valence-corrected chi connectivity index (χ1v) is 6.44. The molecule has 0 aliphatic carbocycles. The Morgan fingerprint density at radius 2 is 1.21 bits per heavy atom. The fraction of sp³-hybridized carbons (Fsp3) is 0.235. The predicted octanol–water partition coefficient (Wildman–Crippen LogP) is 4.17. The Labute approximate surface area is 114 Å². The fourth-order valence-electron chi connectivity index (χ4n) is 2.36. The third-order valence-electron chi connectivity index (χ3n) is 3.43. The van der Waals surface area contributed by atoms with Crippen molar-refractivity contribution in [2.24, 2.45) is 0 Å². The summed E-state index contributed by atoms with van der Waals surface area (Å²) >= 11 is 0. The number of amides is 1. The summed E-state index contributed by atoms with van der Waals surface area (Å²) in [5, 5.41) is 3.04. The van der Waals surface area contributed by atoms with Crippen LogP contribution in [-0.2, 0) is 0 Å². The molecule has 0 atom stereocenters. The van der Waals surface area contributed by atoms with Crippen molar-refractivity contribution >= 4 is 11.6 Å². The molecule has 0 fully saturated rings. The van der Waals surface area contributed by atoms with Crippen LogP contribution in [0.15, 0.2) is 36.4 Å². The molecule has 2 heteroatoms. The standard InChI is InChI=1S/C17H19NO/c1-11-7-5-8-12(2)15(11)17(19)18-16-13(3)9-6-10-14(16)4/h5-10H,1-4H3,(H,18,19). The SMILES string of the molecule is Cc1cccc(C)c1NC(=O)c1c(C)cccc1C. The van der Waals surface area contributed by atoms with Crippen LogP contribution in [0.1, 0.15) is 32.6 Å². The largest absolute Gasteiger partial charge is 0.321 e. The molecule has 0 aliphatic heterocycles. The van der Waals surface area contributed by atoms with Gasteiger partial charge in [-0.2, -0.15) is 0 Å². The van der Waals surface area contributed by atoms with Gasteiger partial charge < -0.3 is 5.32 Å². The second-order valence-corrected chi connectivity index (χ2v) is 4.99. The summed E-state index contributed by atoms with van der Waals surface area (Å²) in [5.74, 6) is -0.0343. The summed E-state index contributed by atoms with van der Waals surface area (Å²) in [6, 6.07) is 11.9. The average molecular weight is 253 g/mol. The number of carbonyl (C=O) groups excluding carboxylic acids is 1. The second kappa shape index (κ2) is 5.27. The molecule has 0 heterocycles. The van der Waals surface area contributed by atoms with Crippen LogP contribution in [-0.4, -0.2) is 5.91 Å². The molecule has 0 saturated carbocycles. The molecule has 98 valence electrons. The molecule has 0 aromatic heterocycles. The highest BCUT2D eigenvalue weighted by Gasteiger charge is 2.13. The molecular weight excluding hydrogens is 234 g/mol. The molecule has 19 heavy (non-hydrogen) atoms. The minimum Gasteiger partial charge on any atom is -0.321 e. The first-order valence-electron chi connectivity index (χ1n) is 6.44. The number of rotatable bonds is 2. The van der Waals surface area contributed by atoms with E-state index >= 15 is 0 Å². The van der Waals surface area contributed by atoms with E-state index < -0.39 is 0 Å². The third kappa shape index (κ3) is 2.68. The van der Waals surface area contributed by atoms with Crippen molar-refractivity contribution in [2.75, 3.05) is 5.32 Å². The van der Waals surface area contributed by atoms with Crippen molar-refractivity contribution in [1.29, 1.82) is 0 Å². The van der Waals surface area contributed by atoms with Gasteiger partial charge in [0.2, 0.25) is 0 Å². The number of para-hydroxylation sites is 1. The van der Waals surface area contributed by atoms with Gasteiger partial charge in [0.25, 0.3) is 5.91 Å². The van der Waals surface area contributed by atoms with Crippen molar-refractivity contribution in [3.05, 3.63) is 64.2 Å². The molecule has 2 aromatic rings. The van der Waals surface area contributed by atoms with Gasteiger partial charge in [-0.05, 0) is 49.9 Å². The van der Waals surface area contributed by atoms with Crippen molar-refractivity contribution < 1.29 is 4.79 Å². The topological polar surface area (TPSA) is 29.1 Å². The van der Waals surface area contributed by atoms with Crippen LogP contribution in [0.2, 0.25) is 0 Å². The van der Waals surface area contributed by atoms with Crippen LogP contribution in [0.25, 0.3) is 0 Å². The maximum absolute atomic E-state index is 12.4. The van der Waals surface area contributed by atoms with Crippen LogP contribution in [0, 0.1) is 27.7 Å². The fourth-order valence-corrected chi connectivity index (χ4v) is 2.36. The summed E-state index contributed by atoms with van der Waals surface area (Å²) in [4.78, 5) is 12.4. The van der Waals surface area contributed by atoms with Gasteiger partial charge >= 0.3 is 0 Å². The van der Waals surface area contributed by atoms with E-state index in [0.717, 1.165) is 33.5 Å². The Hall–Kier alpha value is -2.09. The van der Waals surface area contributed by atoms with Gasteiger partial charge in [0.05, 0.1) is 0 Å². The molecule has 0 bridgehead atoms. The number of nitrogens with one attached hydrogen (secondary N) is 1. The van der Waals surface area contributed by atoms with Crippen molar-refractivity contribution in [1.82, 2.24) is 0 Å². The zero-order chi connectivity index (χ0) is 14.0. The number of carbonyl (C=O) groups is 1. The molecule has 0 spiro atoms. The molecule has 2 aromatic carbocycles. The lowest BCUT2D eigenvalue weighted by molar-refractivity contribution is 0.102. The lowest BCUT2D eigenvalue weighted by atomic mass is 10.0. The molecule has 2 nitrogen and oxygen atoms in total. The zero-order valence-corrected chi connectivity index (χ0v) is 11.9. The third-order valence-corrected chi connectivity index (χ3v) is 3.43. The van der Waals surface area contributed by atoms with Crippen LogP contribution in [0.3, 0.4) is 0 Å².